The Morgan fingerprint density at radius 2 is 1.80 bits per heavy atom. The summed E-state index contributed by atoms with van der Waals surface area (Å²) in [7, 11) is 0. The quantitative estimate of drug-likeness (QED) is 0.425. The Labute approximate surface area is 175 Å². The monoisotopic (exact) mass is 411 g/mol. The van der Waals surface area contributed by atoms with Crippen LogP contribution in [0.4, 0.5) is 17.1 Å². The molecule has 0 spiro atoms. The van der Waals surface area contributed by atoms with E-state index in [9.17, 15) is 19.7 Å². The Hall–Kier alpha value is -3.42. The molecule has 158 valence electrons. The number of hydrogen-bond acceptors (Lipinski definition) is 6. The van der Waals surface area contributed by atoms with Crippen LogP contribution in [0.25, 0.3) is 0 Å². The second-order valence-electron chi connectivity index (χ2n) is 7.17. The fourth-order valence-electron chi connectivity index (χ4n) is 3.63. The van der Waals surface area contributed by atoms with Gasteiger partial charge in [0.2, 0.25) is 0 Å². The highest BCUT2D eigenvalue weighted by molar-refractivity contribution is 5.93. The number of anilines is 2. The van der Waals surface area contributed by atoms with Crippen molar-refractivity contribution in [2.75, 3.05) is 29.9 Å². The Balaban J connectivity index is 1.49. The van der Waals surface area contributed by atoms with Crippen LogP contribution < -0.4 is 10.2 Å². The third kappa shape index (κ3) is 5.14. The maximum Gasteiger partial charge on any atom is 0.309 e. The molecule has 0 aromatic heterocycles. The van der Waals surface area contributed by atoms with Crippen LogP contribution in [-0.4, -0.2) is 36.5 Å². The first-order valence-corrected chi connectivity index (χ1v) is 10.0. The lowest BCUT2D eigenvalue weighted by Crippen LogP contribution is -2.37. The largest absolute Gasteiger partial charge is 0.455 e. The van der Waals surface area contributed by atoms with Crippen LogP contribution in [0.5, 0.6) is 0 Å². The van der Waals surface area contributed by atoms with Crippen LogP contribution in [0.15, 0.2) is 48.5 Å². The number of piperidine rings is 1. The molecule has 0 bridgehead atoms. The normalized spacial score (nSPS) is 14.2. The van der Waals surface area contributed by atoms with Crippen molar-refractivity contribution in [3.8, 4) is 0 Å². The molecule has 8 heteroatoms. The highest BCUT2D eigenvalue weighted by Crippen LogP contribution is 2.31. The first-order valence-electron chi connectivity index (χ1n) is 10.0. The summed E-state index contributed by atoms with van der Waals surface area (Å²) < 4.78 is 5.21. The summed E-state index contributed by atoms with van der Waals surface area (Å²) in [5.41, 5.74) is 2.35. The van der Waals surface area contributed by atoms with Gasteiger partial charge in [-0.05, 0) is 37.0 Å². The number of aryl methyl sites for hydroxylation is 1. The second-order valence-corrected chi connectivity index (χ2v) is 7.17. The summed E-state index contributed by atoms with van der Waals surface area (Å²) in [4.78, 5) is 37.3. The van der Waals surface area contributed by atoms with Gasteiger partial charge in [-0.15, -0.1) is 0 Å². The molecule has 30 heavy (non-hydrogen) atoms. The topological polar surface area (TPSA) is 102 Å². The van der Waals surface area contributed by atoms with Gasteiger partial charge in [0.05, 0.1) is 10.8 Å². The van der Waals surface area contributed by atoms with Crippen LogP contribution in [-0.2, 0) is 20.7 Å². The van der Waals surface area contributed by atoms with Crippen molar-refractivity contribution in [1.29, 1.82) is 0 Å². The number of hydrogen-bond donors (Lipinski definition) is 1. The third-order valence-corrected chi connectivity index (χ3v) is 5.27. The predicted molar refractivity (Wildman–Crippen MR) is 113 cm³/mol. The summed E-state index contributed by atoms with van der Waals surface area (Å²) in [6, 6.07) is 14.1. The predicted octanol–water partition coefficient (Wildman–Crippen LogP) is 3.56. The first kappa shape index (κ1) is 21.3. The van der Waals surface area contributed by atoms with E-state index in [1.807, 2.05) is 36.1 Å². The van der Waals surface area contributed by atoms with Crippen molar-refractivity contribution in [3.63, 3.8) is 0 Å². The Morgan fingerprint density at radius 3 is 2.50 bits per heavy atom. The van der Waals surface area contributed by atoms with Gasteiger partial charge in [-0.3, -0.25) is 19.7 Å². The van der Waals surface area contributed by atoms with Crippen molar-refractivity contribution in [1.82, 2.24) is 0 Å². The molecule has 1 aliphatic heterocycles. The van der Waals surface area contributed by atoms with Gasteiger partial charge in [0.25, 0.3) is 11.6 Å². The molecule has 2 aromatic carbocycles. The molecular weight excluding hydrogens is 386 g/mol. The van der Waals surface area contributed by atoms with E-state index in [4.69, 9.17) is 4.74 Å². The number of nitrogens with one attached hydrogen (secondary N) is 1. The van der Waals surface area contributed by atoms with Crippen molar-refractivity contribution >= 4 is 28.9 Å². The van der Waals surface area contributed by atoms with Gasteiger partial charge in [-0.2, -0.15) is 0 Å². The number of nitro groups is 1. The SMILES string of the molecule is CCc1ccccc1NC(=O)COC(=O)C1CCN(c2ccccc2[N+](=O)[O-])CC1. The van der Waals surface area contributed by atoms with E-state index in [1.54, 1.807) is 18.2 Å². The fraction of sp³-hybridized carbons (Fsp3) is 0.364. The average molecular weight is 411 g/mol. The minimum Gasteiger partial charge on any atom is -0.455 e. The summed E-state index contributed by atoms with van der Waals surface area (Å²) in [5.74, 6) is -1.10. The van der Waals surface area contributed by atoms with E-state index < -0.39 is 10.9 Å². The summed E-state index contributed by atoms with van der Waals surface area (Å²) in [6.07, 6.45) is 1.82. The number of nitro benzene ring substituents is 1. The minimum absolute atomic E-state index is 0.0579. The van der Waals surface area contributed by atoms with Crippen LogP contribution in [0.1, 0.15) is 25.3 Å². The number of esters is 1. The molecule has 1 saturated heterocycles. The molecular formula is C22H25N3O5. The van der Waals surface area contributed by atoms with E-state index in [2.05, 4.69) is 5.32 Å². The first-order chi connectivity index (χ1) is 14.5. The lowest BCUT2D eigenvalue weighted by Gasteiger charge is -2.32. The maximum atomic E-state index is 12.4. The second kappa shape index (κ2) is 9.87. The third-order valence-electron chi connectivity index (χ3n) is 5.27. The molecule has 0 atom stereocenters. The van der Waals surface area contributed by atoms with E-state index in [-0.39, 0.29) is 24.1 Å². The zero-order valence-corrected chi connectivity index (χ0v) is 16.9. The molecule has 2 aromatic rings. The van der Waals surface area contributed by atoms with Crippen molar-refractivity contribution in [3.05, 3.63) is 64.2 Å². The average Bonchev–Trinajstić information content (AvgIpc) is 2.78. The van der Waals surface area contributed by atoms with Crippen LogP contribution in [0.2, 0.25) is 0 Å². The van der Waals surface area contributed by atoms with Gasteiger partial charge in [0, 0.05) is 24.8 Å². The van der Waals surface area contributed by atoms with Gasteiger partial charge in [-0.1, -0.05) is 37.3 Å². The number of nitrogens with zero attached hydrogens (tertiary/aromatic N) is 2. The number of carbonyl (C=O) groups excluding carboxylic acids is 2. The number of para-hydroxylation sites is 3. The molecule has 1 amide bonds. The molecule has 8 nitrogen and oxygen atoms in total. The van der Waals surface area contributed by atoms with E-state index >= 15 is 0 Å². The van der Waals surface area contributed by atoms with E-state index in [1.165, 1.54) is 6.07 Å². The number of rotatable bonds is 7. The Morgan fingerprint density at radius 1 is 1.13 bits per heavy atom. The number of benzene rings is 2. The standard InChI is InChI=1S/C22H25N3O5/c1-2-16-7-3-4-8-18(16)23-21(26)15-30-22(27)17-11-13-24(14-12-17)19-9-5-6-10-20(19)25(28)29/h3-10,17H,2,11-15H2,1H3,(H,23,26). The van der Waals surface area contributed by atoms with Gasteiger partial charge >= 0.3 is 5.97 Å². The van der Waals surface area contributed by atoms with E-state index in [0.717, 1.165) is 17.7 Å². The van der Waals surface area contributed by atoms with Crippen molar-refractivity contribution in [2.24, 2.45) is 5.92 Å². The highest BCUT2D eigenvalue weighted by atomic mass is 16.6. The van der Waals surface area contributed by atoms with Crippen LogP contribution >= 0.6 is 0 Å². The van der Waals surface area contributed by atoms with Gasteiger partial charge in [0.1, 0.15) is 5.69 Å². The van der Waals surface area contributed by atoms with Crippen LogP contribution in [0, 0.1) is 16.0 Å². The Bertz CT molecular complexity index is 922. The fourth-order valence-corrected chi connectivity index (χ4v) is 3.63. The molecule has 0 saturated carbocycles. The molecule has 0 unspecified atom stereocenters. The summed E-state index contributed by atoms with van der Waals surface area (Å²) in [5, 5.41) is 14.0. The maximum absolute atomic E-state index is 12.4. The minimum atomic E-state index is -0.406. The van der Waals surface area contributed by atoms with E-state index in [0.29, 0.717) is 31.6 Å². The van der Waals surface area contributed by atoms with Crippen molar-refractivity contribution in [2.45, 2.75) is 26.2 Å². The smallest absolute Gasteiger partial charge is 0.309 e. The van der Waals surface area contributed by atoms with Crippen molar-refractivity contribution < 1.29 is 19.2 Å². The zero-order chi connectivity index (χ0) is 21.5. The number of ether oxygens (including phenoxy) is 1. The molecule has 0 radical (unpaired) electrons. The summed E-state index contributed by atoms with van der Waals surface area (Å²) >= 11 is 0. The molecule has 1 N–H and O–H groups in total. The molecule has 1 heterocycles. The summed E-state index contributed by atoms with van der Waals surface area (Å²) in [6.45, 7) is 2.70. The molecule has 0 aliphatic carbocycles. The Kier molecular flexibility index (Phi) is 7.00. The van der Waals surface area contributed by atoms with Gasteiger partial charge in [0.15, 0.2) is 6.61 Å². The van der Waals surface area contributed by atoms with Crippen LogP contribution in [0.3, 0.4) is 0 Å². The molecule has 1 fully saturated rings. The lowest BCUT2D eigenvalue weighted by molar-refractivity contribution is -0.384. The number of amides is 1. The molecule has 1 aliphatic rings. The highest BCUT2D eigenvalue weighted by Gasteiger charge is 2.29. The molecule has 3 rings (SSSR count). The van der Waals surface area contributed by atoms with Gasteiger partial charge in [-0.25, -0.2) is 0 Å². The number of carbonyl (C=O) groups is 2. The lowest BCUT2D eigenvalue weighted by atomic mass is 9.96. The van der Waals surface area contributed by atoms with Gasteiger partial charge < -0.3 is 15.0 Å². The zero-order valence-electron chi connectivity index (χ0n) is 16.9.